The molecule has 0 fully saturated rings. The summed E-state index contributed by atoms with van der Waals surface area (Å²) in [5.41, 5.74) is 0. The van der Waals surface area contributed by atoms with Crippen LogP contribution < -0.4 is 4.89 Å². The molecule has 0 bridgehead atoms. The molecule has 2 atom stereocenters. The van der Waals surface area contributed by atoms with E-state index in [1.807, 2.05) is 33.3 Å². The van der Waals surface area contributed by atoms with Crippen LogP contribution in [0, 0.1) is 0 Å². The first-order chi connectivity index (χ1) is 27.0. The lowest BCUT2D eigenvalue weighted by Gasteiger charge is -2.28. The van der Waals surface area contributed by atoms with Crippen molar-refractivity contribution in [2.24, 2.45) is 0 Å². The first-order valence-electron chi connectivity index (χ1n) is 21.6. The number of ether oxygens (including phenoxy) is 2. The number of carbonyl (C=O) groups is 2. The minimum atomic E-state index is -4.65. The maximum absolute atomic E-state index is 12.6. The van der Waals surface area contributed by atoms with E-state index in [4.69, 9.17) is 18.5 Å². The van der Waals surface area contributed by atoms with Crippen LogP contribution >= 0.6 is 7.82 Å². The normalized spacial score (nSPS) is 14.3. The van der Waals surface area contributed by atoms with Crippen molar-refractivity contribution < 1.29 is 42.1 Å². The Bertz CT molecular complexity index is 1180. The molecule has 0 aromatic carbocycles. The molecule has 9 nitrogen and oxygen atoms in total. The molecule has 0 N–H and O–H groups in total. The number of phosphoric acid groups is 1. The third-order valence-electron chi connectivity index (χ3n) is 8.71. The average molecular weight is 806 g/mol. The number of carbonyl (C=O) groups excluding carboxylic acids is 2. The number of unbranched alkanes of at least 4 members (excludes halogenated alkanes) is 12. The molecule has 0 rings (SSSR count). The molecule has 10 heteroatoms. The van der Waals surface area contributed by atoms with Gasteiger partial charge in [-0.1, -0.05) is 138 Å². The van der Waals surface area contributed by atoms with Crippen LogP contribution in [0.1, 0.15) is 155 Å². The Morgan fingerprint density at radius 2 is 1.00 bits per heavy atom. The van der Waals surface area contributed by atoms with Crippen molar-refractivity contribution >= 4 is 19.8 Å². The van der Waals surface area contributed by atoms with Crippen LogP contribution in [0.2, 0.25) is 0 Å². The molecular formula is C46H80NO8P. The predicted molar refractivity (Wildman–Crippen MR) is 231 cm³/mol. The molecule has 0 heterocycles. The van der Waals surface area contributed by atoms with E-state index in [0.29, 0.717) is 23.9 Å². The van der Waals surface area contributed by atoms with Crippen molar-refractivity contribution in [2.75, 3.05) is 47.5 Å². The molecule has 0 amide bonds. The molecule has 0 aliphatic heterocycles. The number of nitrogens with zero attached hydrogens (tertiary/aromatic N) is 1. The summed E-state index contributed by atoms with van der Waals surface area (Å²) in [7, 11) is 1.11. The highest BCUT2D eigenvalue weighted by atomic mass is 31.2. The number of rotatable bonds is 38. The fourth-order valence-corrected chi connectivity index (χ4v) is 6.01. The van der Waals surface area contributed by atoms with Gasteiger partial charge in [-0.25, -0.2) is 0 Å². The maximum atomic E-state index is 12.6. The van der Waals surface area contributed by atoms with Crippen LogP contribution in [0.15, 0.2) is 72.9 Å². The van der Waals surface area contributed by atoms with Crippen LogP contribution in [0.3, 0.4) is 0 Å². The highest BCUT2D eigenvalue weighted by Crippen LogP contribution is 2.38. The topological polar surface area (TPSA) is 111 Å². The second-order valence-electron chi connectivity index (χ2n) is 15.3. The predicted octanol–water partition coefficient (Wildman–Crippen LogP) is 11.6. The summed E-state index contributed by atoms with van der Waals surface area (Å²) in [5.74, 6) is -0.956. The summed E-state index contributed by atoms with van der Waals surface area (Å²) in [6.07, 6.45) is 46.6. The molecule has 0 saturated heterocycles. The molecular weight excluding hydrogens is 725 g/mol. The number of hydrogen-bond donors (Lipinski definition) is 0. The summed E-state index contributed by atoms with van der Waals surface area (Å²) in [5, 5.41) is 0. The largest absolute Gasteiger partial charge is 0.756 e. The van der Waals surface area contributed by atoms with Gasteiger partial charge in [0.25, 0.3) is 7.82 Å². The van der Waals surface area contributed by atoms with Crippen molar-refractivity contribution in [3.8, 4) is 0 Å². The van der Waals surface area contributed by atoms with Crippen LogP contribution in [-0.4, -0.2) is 70.0 Å². The second kappa shape index (κ2) is 38.0. The highest BCUT2D eigenvalue weighted by Gasteiger charge is 2.21. The summed E-state index contributed by atoms with van der Waals surface area (Å²) >= 11 is 0. The lowest BCUT2D eigenvalue weighted by Crippen LogP contribution is -2.37. The molecule has 0 spiro atoms. The van der Waals surface area contributed by atoms with E-state index in [9.17, 15) is 19.0 Å². The number of likely N-dealkylation sites (N-methyl/N-ethyl adjacent to an activating group) is 1. The number of hydrogen-bond acceptors (Lipinski definition) is 8. The van der Waals surface area contributed by atoms with Gasteiger partial charge in [-0.3, -0.25) is 14.2 Å². The lowest BCUT2D eigenvalue weighted by molar-refractivity contribution is -0.870. The van der Waals surface area contributed by atoms with Gasteiger partial charge in [0.05, 0.1) is 27.7 Å². The Morgan fingerprint density at radius 3 is 1.55 bits per heavy atom. The van der Waals surface area contributed by atoms with E-state index in [2.05, 4.69) is 74.6 Å². The van der Waals surface area contributed by atoms with Crippen LogP contribution in [-0.2, 0) is 32.7 Å². The van der Waals surface area contributed by atoms with E-state index in [1.165, 1.54) is 64.2 Å². The minimum absolute atomic E-state index is 0.0477. The Kier molecular flexibility index (Phi) is 36.3. The standard InChI is InChI=1S/C46H80NO8P/c1-6-8-10-12-14-16-18-20-21-22-23-24-25-27-28-30-32-34-36-38-45(48)52-42-44(43-54-56(50,51)53-41-40-47(3,4)5)55-46(49)39-37-35-33-31-29-26-19-17-15-13-11-9-7-2/h14,16,20-21,23-24,26-29,32,34,44H,6-13,15,17-19,22,25,30-31,33,35-43H2,1-5H3/b16-14+,21-20+,24-23+,28-27+,29-26+,34-32+/t44-/m0/s1. The molecule has 322 valence electrons. The lowest BCUT2D eigenvalue weighted by atomic mass is 10.1. The smallest absolute Gasteiger partial charge is 0.306 e. The van der Waals surface area contributed by atoms with Gasteiger partial charge >= 0.3 is 11.9 Å². The molecule has 1 unspecified atom stereocenters. The number of quaternary nitrogens is 1. The molecule has 0 aliphatic rings. The summed E-state index contributed by atoms with van der Waals surface area (Å²) in [6, 6.07) is 0. The number of phosphoric ester groups is 1. The third kappa shape index (κ3) is 41.1. The number of allylic oxidation sites excluding steroid dienone is 12. The molecule has 0 aromatic rings. The van der Waals surface area contributed by atoms with E-state index < -0.39 is 32.5 Å². The average Bonchev–Trinajstić information content (AvgIpc) is 3.15. The zero-order chi connectivity index (χ0) is 41.4. The number of esters is 2. The fraction of sp³-hybridized carbons (Fsp3) is 0.696. The molecule has 0 saturated carbocycles. The third-order valence-corrected chi connectivity index (χ3v) is 9.68. The SMILES string of the molecule is CCCCC/C=C/C/C=C/C/C=C/C/C=C/C/C=C/CCC(=O)OC[C@@H](COP(=O)([O-])OCC[N+](C)(C)C)OC(=O)CCCCC/C=C/CCCCCCCC. The van der Waals surface area contributed by atoms with Gasteiger partial charge in [-0.2, -0.15) is 0 Å². The Hall–Kier alpha value is -2.55. The van der Waals surface area contributed by atoms with E-state index in [-0.39, 0.29) is 26.1 Å². The summed E-state index contributed by atoms with van der Waals surface area (Å²) in [4.78, 5) is 37.4. The van der Waals surface area contributed by atoms with Crippen molar-refractivity contribution in [3.05, 3.63) is 72.9 Å². The van der Waals surface area contributed by atoms with Gasteiger partial charge in [0.2, 0.25) is 0 Å². The molecule has 0 radical (unpaired) electrons. The Morgan fingerprint density at radius 1 is 0.554 bits per heavy atom. The van der Waals surface area contributed by atoms with Crippen LogP contribution in [0.25, 0.3) is 0 Å². The first kappa shape index (κ1) is 53.5. The fourth-order valence-electron chi connectivity index (χ4n) is 5.28. The van der Waals surface area contributed by atoms with Crippen LogP contribution in [0.5, 0.6) is 0 Å². The van der Waals surface area contributed by atoms with Crippen LogP contribution in [0.4, 0.5) is 0 Å². The van der Waals surface area contributed by atoms with E-state index >= 15 is 0 Å². The van der Waals surface area contributed by atoms with Gasteiger partial charge < -0.3 is 27.9 Å². The van der Waals surface area contributed by atoms with Gasteiger partial charge in [0.1, 0.15) is 19.8 Å². The molecule has 0 aliphatic carbocycles. The van der Waals surface area contributed by atoms with E-state index in [0.717, 1.165) is 51.4 Å². The molecule has 56 heavy (non-hydrogen) atoms. The Labute approximate surface area is 342 Å². The maximum Gasteiger partial charge on any atom is 0.306 e. The Balaban J connectivity index is 4.52. The highest BCUT2D eigenvalue weighted by molar-refractivity contribution is 7.45. The van der Waals surface area contributed by atoms with Gasteiger partial charge in [-0.15, -0.1) is 0 Å². The zero-order valence-corrected chi connectivity index (χ0v) is 36.9. The van der Waals surface area contributed by atoms with Crippen molar-refractivity contribution in [3.63, 3.8) is 0 Å². The summed E-state index contributed by atoms with van der Waals surface area (Å²) < 4.78 is 33.7. The molecule has 0 aromatic heterocycles. The van der Waals surface area contributed by atoms with E-state index in [1.54, 1.807) is 0 Å². The van der Waals surface area contributed by atoms with Gasteiger partial charge in [0.15, 0.2) is 6.10 Å². The van der Waals surface area contributed by atoms with Crippen molar-refractivity contribution in [2.45, 2.75) is 161 Å². The quantitative estimate of drug-likeness (QED) is 0.0199. The zero-order valence-electron chi connectivity index (χ0n) is 36.1. The van der Waals surface area contributed by atoms with Crippen molar-refractivity contribution in [1.82, 2.24) is 0 Å². The monoisotopic (exact) mass is 806 g/mol. The van der Waals surface area contributed by atoms with Crippen molar-refractivity contribution in [1.29, 1.82) is 0 Å². The van der Waals surface area contributed by atoms with Gasteiger partial charge in [0, 0.05) is 12.8 Å². The first-order valence-corrected chi connectivity index (χ1v) is 23.1. The summed E-state index contributed by atoms with van der Waals surface area (Å²) in [6.45, 7) is 4.06. The van der Waals surface area contributed by atoms with Gasteiger partial charge in [-0.05, 0) is 77.0 Å². The second-order valence-corrected chi connectivity index (χ2v) is 16.8. The minimum Gasteiger partial charge on any atom is -0.756 e.